The van der Waals surface area contributed by atoms with Gasteiger partial charge in [-0.2, -0.15) is 0 Å². The van der Waals surface area contributed by atoms with Gasteiger partial charge in [0.1, 0.15) is 5.82 Å². The zero-order valence-corrected chi connectivity index (χ0v) is 13.5. The summed E-state index contributed by atoms with van der Waals surface area (Å²) < 4.78 is 12.9. The minimum Gasteiger partial charge on any atom is -0.350 e. The molecule has 1 aromatic heterocycles. The standard InChI is InChI=1S/C18H21FN4O/c19-15-8-6-13(7-9-15)10-20-18-21-11-14(12-22-18)17(24)23-16-4-2-1-3-5-16/h6-9,11-12,16H,1-5,10H2,(H,23,24)(H,20,21,22). The summed E-state index contributed by atoms with van der Waals surface area (Å²) in [5.74, 6) is 0.0591. The number of amides is 1. The van der Waals surface area contributed by atoms with E-state index in [2.05, 4.69) is 20.6 Å². The van der Waals surface area contributed by atoms with Gasteiger partial charge in [0.15, 0.2) is 0 Å². The lowest BCUT2D eigenvalue weighted by Crippen LogP contribution is -2.36. The Hall–Kier alpha value is -2.50. The highest BCUT2D eigenvalue weighted by molar-refractivity contribution is 5.93. The van der Waals surface area contributed by atoms with Crippen LogP contribution in [0.15, 0.2) is 36.7 Å². The molecule has 1 heterocycles. The van der Waals surface area contributed by atoms with Crippen molar-refractivity contribution in [2.75, 3.05) is 5.32 Å². The van der Waals surface area contributed by atoms with Crippen LogP contribution in [0.1, 0.15) is 48.0 Å². The number of halogens is 1. The zero-order chi connectivity index (χ0) is 16.8. The average Bonchev–Trinajstić information content (AvgIpc) is 2.62. The van der Waals surface area contributed by atoms with Crippen LogP contribution in [0.5, 0.6) is 0 Å². The number of nitrogens with zero attached hydrogens (tertiary/aromatic N) is 2. The summed E-state index contributed by atoms with van der Waals surface area (Å²) in [6.45, 7) is 0.494. The number of hydrogen-bond donors (Lipinski definition) is 2. The lowest BCUT2D eigenvalue weighted by atomic mass is 9.95. The predicted octanol–water partition coefficient (Wildman–Crippen LogP) is 3.29. The van der Waals surface area contributed by atoms with Crippen molar-refractivity contribution >= 4 is 11.9 Å². The lowest BCUT2D eigenvalue weighted by Gasteiger charge is -2.22. The molecule has 1 aliphatic rings. The maximum Gasteiger partial charge on any atom is 0.254 e. The van der Waals surface area contributed by atoms with Crippen molar-refractivity contribution in [2.45, 2.75) is 44.7 Å². The van der Waals surface area contributed by atoms with Crippen LogP contribution in [0.2, 0.25) is 0 Å². The molecule has 0 aliphatic heterocycles. The fourth-order valence-electron chi connectivity index (χ4n) is 2.84. The molecule has 0 unspecified atom stereocenters. The Kier molecular flexibility index (Phi) is 5.36. The molecule has 1 aliphatic carbocycles. The van der Waals surface area contributed by atoms with Gasteiger partial charge >= 0.3 is 0 Å². The average molecular weight is 328 g/mol. The Morgan fingerprint density at radius 3 is 2.42 bits per heavy atom. The Bertz CT molecular complexity index is 666. The van der Waals surface area contributed by atoms with Gasteiger partial charge in [-0.15, -0.1) is 0 Å². The highest BCUT2D eigenvalue weighted by Crippen LogP contribution is 2.17. The van der Waals surface area contributed by atoms with E-state index in [-0.39, 0.29) is 17.8 Å². The predicted molar refractivity (Wildman–Crippen MR) is 90.1 cm³/mol. The van der Waals surface area contributed by atoms with Crippen molar-refractivity contribution in [1.82, 2.24) is 15.3 Å². The van der Waals surface area contributed by atoms with Crippen molar-refractivity contribution in [3.8, 4) is 0 Å². The number of rotatable bonds is 5. The molecular weight excluding hydrogens is 307 g/mol. The molecule has 2 aromatic rings. The Morgan fingerprint density at radius 1 is 1.08 bits per heavy atom. The molecule has 0 bridgehead atoms. The van der Waals surface area contributed by atoms with Crippen molar-refractivity contribution < 1.29 is 9.18 Å². The van der Waals surface area contributed by atoms with Gasteiger partial charge in [0.05, 0.1) is 5.56 Å². The molecule has 1 amide bonds. The topological polar surface area (TPSA) is 66.9 Å². The van der Waals surface area contributed by atoms with Gasteiger partial charge in [-0.1, -0.05) is 31.4 Å². The summed E-state index contributed by atoms with van der Waals surface area (Å²) in [5.41, 5.74) is 1.40. The van der Waals surface area contributed by atoms with Gasteiger partial charge in [-0.3, -0.25) is 4.79 Å². The second-order valence-corrected chi connectivity index (χ2v) is 6.08. The molecule has 24 heavy (non-hydrogen) atoms. The third-order valence-electron chi connectivity index (χ3n) is 4.22. The van der Waals surface area contributed by atoms with E-state index in [1.54, 1.807) is 12.1 Å². The second-order valence-electron chi connectivity index (χ2n) is 6.08. The first-order valence-electron chi connectivity index (χ1n) is 8.32. The molecule has 0 atom stereocenters. The lowest BCUT2D eigenvalue weighted by molar-refractivity contribution is 0.0927. The van der Waals surface area contributed by atoms with Crippen LogP contribution in [0.4, 0.5) is 10.3 Å². The maximum atomic E-state index is 12.9. The number of aromatic nitrogens is 2. The quantitative estimate of drug-likeness (QED) is 0.884. The monoisotopic (exact) mass is 328 g/mol. The van der Waals surface area contributed by atoms with E-state index in [4.69, 9.17) is 0 Å². The summed E-state index contributed by atoms with van der Waals surface area (Å²) in [7, 11) is 0. The highest BCUT2D eigenvalue weighted by atomic mass is 19.1. The van der Waals surface area contributed by atoms with Crippen LogP contribution in [0.25, 0.3) is 0 Å². The molecule has 1 fully saturated rings. The Balaban J connectivity index is 1.52. The highest BCUT2D eigenvalue weighted by Gasteiger charge is 2.17. The van der Waals surface area contributed by atoms with E-state index in [1.807, 2.05) is 0 Å². The Labute approximate surface area is 140 Å². The van der Waals surface area contributed by atoms with Crippen molar-refractivity contribution in [3.63, 3.8) is 0 Å². The van der Waals surface area contributed by atoms with Gasteiger partial charge < -0.3 is 10.6 Å². The van der Waals surface area contributed by atoms with E-state index in [9.17, 15) is 9.18 Å². The van der Waals surface area contributed by atoms with Crippen LogP contribution in [0.3, 0.4) is 0 Å². The molecule has 3 rings (SSSR count). The summed E-state index contributed by atoms with van der Waals surface area (Å²) in [5, 5.41) is 6.09. The van der Waals surface area contributed by atoms with Gasteiger partial charge in [-0.25, -0.2) is 14.4 Å². The summed E-state index contributed by atoms with van der Waals surface area (Å²) >= 11 is 0. The van der Waals surface area contributed by atoms with Crippen LogP contribution >= 0.6 is 0 Å². The number of carbonyl (C=O) groups excluding carboxylic acids is 1. The first-order chi connectivity index (χ1) is 11.7. The molecule has 2 N–H and O–H groups in total. The minimum absolute atomic E-state index is 0.119. The molecule has 0 radical (unpaired) electrons. The number of benzene rings is 1. The molecule has 1 saturated carbocycles. The summed E-state index contributed by atoms with van der Waals surface area (Å²) in [6, 6.07) is 6.50. The second kappa shape index (κ2) is 7.86. The molecule has 126 valence electrons. The normalized spacial score (nSPS) is 15.0. The van der Waals surface area contributed by atoms with E-state index in [1.165, 1.54) is 43.8 Å². The largest absolute Gasteiger partial charge is 0.350 e. The molecule has 6 heteroatoms. The maximum absolute atomic E-state index is 12.9. The van der Waals surface area contributed by atoms with Crippen LogP contribution in [-0.4, -0.2) is 21.9 Å². The third-order valence-corrected chi connectivity index (χ3v) is 4.22. The molecule has 0 spiro atoms. The first-order valence-corrected chi connectivity index (χ1v) is 8.32. The number of carbonyl (C=O) groups is 1. The fraction of sp³-hybridized carbons (Fsp3) is 0.389. The van der Waals surface area contributed by atoms with E-state index < -0.39 is 0 Å². The van der Waals surface area contributed by atoms with Crippen molar-refractivity contribution in [1.29, 1.82) is 0 Å². The van der Waals surface area contributed by atoms with E-state index >= 15 is 0 Å². The van der Waals surface area contributed by atoms with Crippen LogP contribution < -0.4 is 10.6 Å². The molecular formula is C18H21FN4O. The van der Waals surface area contributed by atoms with Crippen LogP contribution in [0, 0.1) is 5.82 Å². The molecule has 0 saturated heterocycles. The van der Waals surface area contributed by atoms with Gasteiger partial charge in [-0.05, 0) is 30.5 Å². The zero-order valence-electron chi connectivity index (χ0n) is 13.5. The van der Waals surface area contributed by atoms with Gasteiger partial charge in [0, 0.05) is 25.0 Å². The van der Waals surface area contributed by atoms with Gasteiger partial charge in [0.25, 0.3) is 5.91 Å². The van der Waals surface area contributed by atoms with E-state index in [0.29, 0.717) is 18.1 Å². The molecule has 1 aromatic carbocycles. The first kappa shape index (κ1) is 16.4. The summed E-state index contributed by atoms with van der Waals surface area (Å²) in [4.78, 5) is 20.5. The minimum atomic E-state index is -0.261. The fourth-order valence-corrected chi connectivity index (χ4v) is 2.84. The summed E-state index contributed by atoms with van der Waals surface area (Å²) in [6.07, 6.45) is 8.75. The third kappa shape index (κ3) is 4.50. The number of hydrogen-bond acceptors (Lipinski definition) is 4. The van der Waals surface area contributed by atoms with Gasteiger partial charge in [0.2, 0.25) is 5.95 Å². The van der Waals surface area contributed by atoms with Crippen LogP contribution in [-0.2, 0) is 6.54 Å². The Morgan fingerprint density at radius 2 is 1.75 bits per heavy atom. The smallest absolute Gasteiger partial charge is 0.254 e. The van der Waals surface area contributed by atoms with Crippen molar-refractivity contribution in [2.24, 2.45) is 0 Å². The molecule has 5 nitrogen and oxygen atoms in total. The van der Waals surface area contributed by atoms with Crippen molar-refractivity contribution in [3.05, 3.63) is 53.6 Å². The SMILES string of the molecule is O=C(NC1CCCCC1)c1cnc(NCc2ccc(F)cc2)nc1. The number of anilines is 1. The number of nitrogens with one attached hydrogen (secondary N) is 2. The van der Waals surface area contributed by atoms with E-state index in [0.717, 1.165) is 18.4 Å².